The van der Waals surface area contributed by atoms with E-state index in [0.29, 0.717) is 36.9 Å². The van der Waals surface area contributed by atoms with Crippen LogP contribution in [0.5, 0.6) is 11.5 Å². The molecule has 0 radical (unpaired) electrons. The van der Waals surface area contributed by atoms with Crippen molar-refractivity contribution >= 4 is 11.6 Å². The Morgan fingerprint density at radius 3 is 2.46 bits per heavy atom. The maximum Gasteiger partial charge on any atom is 0.222 e. The first-order chi connectivity index (χ1) is 12.5. The highest BCUT2D eigenvalue weighted by Crippen LogP contribution is 2.27. The predicted octanol–water partition coefficient (Wildman–Crippen LogP) is 3.95. The molecule has 0 atom stereocenters. The lowest BCUT2D eigenvalue weighted by Gasteiger charge is -2.14. The average Bonchev–Trinajstić information content (AvgIpc) is 2.66. The van der Waals surface area contributed by atoms with E-state index in [1.165, 1.54) is 5.56 Å². The SMILES string of the molecule is COc1ccc(CNC(=O)CCNc2ccccc2C(C)C)cc1OC. The minimum Gasteiger partial charge on any atom is -0.493 e. The Kier molecular flexibility index (Phi) is 7.33. The number of amides is 1. The fraction of sp³-hybridized carbons (Fsp3) is 0.381. The van der Waals surface area contributed by atoms with Crippen molar-refractivity contribution in [2.45, 2.75) is 32.7 Å². The maximum atomic E-state index is 12.1. The highest BCUT2D eigenvalue weighted by Gasteiger charge is 2.08. The molecule has 0 spiro atoms. The van der Waals surface area contributed by atoms with Gasteiger partial charge in [-0.15, -0.1) is 0 Å². The molecule has 26 heavy (non-hydrogen) atoms. The van der Waals surface area contributed by atoms with Gasteiger partial charge in [-0.1, -0.05) is 38.1 Å². The maximum absolute atomic E-state index is 12.1. The molecule has 0 bridgehead atoms. The Morgan fingerprint density at radius 2 is 1.77 bits per heavy atom. The topological polar surface area (TPSA) is 59.6 Å². The number of ether oxygens (including phenoxy) is 2. The number of rotatable bonds is 9. The van der Waals surface area contributed by atoms with Gasteiger partial charge < -0.3 is 20.1 Å². The molecule has 0 fully saturated rings. The molecule has 0 saturated carbocycles. The smallest absolute Gasteiger partial charge is 0.222 e. The van der Waals surface area contributed by atoms with Crippen LogP contribution in [0.25, 0.3) is 0 Å². The zero-order valence-electron chi connectivity index (χ0n) is 16.0. The minimum absolute atomic E-state index is 0.00862. The van der Waals surface area contributed by atoms with Crippen molar-refractivity contribution in [3.05, 3.63) is 53.6 Å². The lowest BCUT2D eigenvalue weighted by atomic mass is 10.0. The summed E-state index contributed by atoms with van der Waals surface area (Å²) >= 11 is 0. The third-order valence-electron chi connectivity index (χ3n) is 4.19. The quantitative estimate of drug-likeness (QED) is 0.714. The van der Waals surface area contributed by atoms with E-state index in [4.69, 9.17) is 9.47 Å². The first-order valence-corrected chi connectivity index (χ1v) is 8.85. The van der Waals surface area contributed by atoms with Crippen molar-refractivity contribution in [3.8, 4) is 11.5 Å². The zero-order valence-corrected chi connectivity index (χ0v) is 16.0. The van der Waals surface area contributed by atoms with E-state index in [1.54, 1.807) is 14.2 Å². The Labute approximate surface area is 155 Å². The molecular weight excluding hydrogens is 328 g/mol. The van der Waals surface area contributed by atoms with Crippen molar-refractivity contribution in [1.29, 1.82) is 0 Å². The summed E-state index contributed by atoms with van der Waals surface area (Å²) in [4.78, 5) is 12.1. The molecule has 0 saturated heterocycles. The van der Waals surface area contributed by atoms with E-state index in [-0.39, 0.29) is 5.91 Å². The van der Waals surface area contributed by atoms with Gasteiger partial charge in [0.2, 0.25) is 5.91 Å². The summed E-state index contributed by atoms with van der Waals surface area (Å²) in [5.41, 5.74) is 3.32. The Hall–Kier alpha value is -2.69. The van der Waals surface area contributed by atoms with Crippen molar-refractivity contribution in [1.82, 2.24) is 5.32 Å². The first-order valence-electron chi connectivity index (χ1n) is 8.85. The fourth-order valence-electron chi connectivity index (χ4n) is 2.75. The standard InChI is InChI=1S/C21H28N2O3/c1-15(2)17-7-5-6-8-18(17)22-12-11-21(24)23-14-16-9-10-19(25-3)20(13-16)26-4/h5-10,13,15,22H,11-12,14H2,1-4H3,(H,23,24). The summed E-state index contributed by atoms with van der Waals surface area (Å²) in [5.74, 6) is 1.79. The summed E-state index contributed by atoms with van der Waals surface area (Å²) in [6, 6.07) is 13.8. The van der Waals surface area contributed by atoms with Crippen LogP contribution in [0.15, 0.2) is 42.5 Å². The van der Waals surface area contributed by atoms with Crippen LogP contribution < -0.4 is 20.1 Å². The van der Waals surface area contributed by atoms with Gasteiger partial charge in [-0.05, 0) is 35.2 Å². The number of carbonyl (C=O) groups excluding carboxylic acids is 1. The van der Waals surface area contributed by atoms with E-state index in [9.17, 15) is 4.79 Å². The van der Waals surface area contributed by atoms with Crippen LogP contribution in [0.4, 0.5) is 5.69 Å². The van der Waals surface area contributed by atoms with Gasteiger partial charge in [0.05, 0.1) is 14.2 Å². The third-order valence-corrected chi connectivity index (χ3v) is 4.19. The van der Waals surface area contributed by atoms with Crippen LogP contribution in [-0.2, 0) is 11.3 Å². The number of benzene rings is 2. The van der Waals surface area contributed by atoms with Gasteiger partial charge >= 0.3 is 0 Å². The van der Waals surface area contributed by atoms with Gasteiger partial charge in [-0.3, -0.25) is 4.79 Å². The number of hydrogen-bond donors (Lipinski definition) is 2. The summed E-state index contributed by atoms with van der Waals surface area (Å²) in [6.45, 7) is 5.38. The normalized spacial score (nSPS) is 10.5. The molecule has 2 rings (SSSR count). The fourth-order valence-corrected chi connectivity index (χ4v) is 2.75. The van der Waals surface area contributed by atoms with Crippen LogP contribution in [0.1, 0.15) is 37.3 Å². The minimum atomic E-state index is 0.00862. The molecule has 2 N–H and O–H groups in total. The molecule has 140 valence electrons. The van der Waals surface area contributed by atoms with Crippen LogP contribution in [0.3, 0.4) is 0 Å². The van der Waals surface area contributed by atoms with Gasteiger partial charge in [-0.25, -0.2) is 0 Å². The molecule has 2 aromatic rings. The molecule has 0 aliphatic heterocycles. The van der Waals surface area contributed by atoms with Gasteiger partial charge in [-0.2, -0.15) is 0 Å². The number of nitrogens with one attached hydrogen (secondary N) is 2. The first kappa shape index (κ1) is 19.6. The van der Waals surface area contributed by atoms with E-state index >= 15 is 0 Å². The molecule has 0 aliphatic rings. The van der Waals surface area contributed by atoms with Gasteiger partial charge in [0, 0.05) is 25.2 Å². The largest absolute Gasteiger partial charge is 0.493 e. The van der Waals surface area contributed by atoms with Crippen molar-refractivity contribution in [3.63, 3.8) is 0 Å². The average molecular weight is 356 g/mol. The molecule has 0 unspecified atom stereocenters. The van der Waals surface area contributed by atoms with Crippen LogP contribution in [-0.4, -0.2) is 26.7 Å². The van der Waals surface area contributed by atoms with Crippen LogP contribution in [0, 0.1) is 0 Å². The molecule has 1 amide bonds. The predicted molar refractivity (Wildman–Crippen MR) is 105 cm³/mol. The van der Waals surface area contributed by atoms with Crippen molar-refractivity contribution < 1.29 is 14.3 Å². The molecule has 0 heterocycles. The Morgan fingerprint density at radius 1 is 1.04 bits per heavy atom. The molecule has 5 heteroatoms. The summed E-state index contributed by atoms with van der Waals surface area (Å²) < 4.78 is 10.5. The number of methoxy groups -OCH3 is 2. The number of carbonyl (C=O) groups is 1. The van der Waals surface area contributed by atoms with Crippen molar-refractivity contribution in [2.24, 2.45) is 0 Å². The van der Waals surface area contributed by atoms with E-state index in [1.807, 2.05) is 30.3 Å². The second-order valence-corrected chi connectivity index (χ2v) is 6.38. The van der Waals surface area contributed by atoms with E-state index in [2.05, 4.69) is 36.6 Å². The molecular formula is C21H28N2O3. The molecule has 0 aromatic heterocycles. The lowest BCUT2D eigenvalue weighted by Crippen LogP contribution is -2.25. The summed E-state index contributed by atoms with van der Waals surface area (Å²) in [7, 11) is 3.20. The van der Waals surface area contributed by atoms with E-state index in [0.717, 1.165) is 11.3 Å². The van der Waals surface area contributed by atoms with Gasteiger partial charge in [0.1, 0.15) is 0 Å². The van der Waals surface area contributed by atoms with Gasteiger partial charge in [0.15, 0.2) is 11.5 Å². The third kappa shape index (κ3) is 5.41. The summed E-state index contributed by atoms with van der Waals surface area (Å²) in [6.07, 6.45) is 0.416. The monoisotopic (exact) mass is 356 g/mol. The van der Waals surface area contributed by atoms with Gasteiger partial charge in [0.25, 0.3) is 0 Å². The van der Waals surface area contributed by atoms with Crippen molar-refractivity contribution in [2.75, 3.05) is 26.1 Å². The molecule has 2 aromatic carbocycles. The Bertz CT molecular complexity index is 729. The molecule has 0 aliphatic carbocycles. The molecule has 5 nitrogen and oxygen atoms in total. The van der Waals surface area contributed by atoms with Crippen LogP contribution >= 0.6 is 0 Å². The summed E-state index contributed by atoms with van der Waals surface area (Å²) in [5, 5.41) is 6.30. The highest BCUT2D eigenvalue weighted by atomic mass is 16.5. The number of hydrogen-bond acceptors (Lipinski definition) is 4. The zero-order chi connectivity index (χ0) is 18.9. The number of anilines is 1. The van der Waals surface area contributed by atoms with Crippen LogP contribution in [0.2, 0.25) is 0 Å². The number of para-hydroxylation sites is 1. The van der Waals surface area contributed by atoms with E-state index < -0.39 is 0 Å². The lowest BCUT2D eigenvalue weighted by molar-refractivity contribution is -0.121. The highest BCUT2D eigenvalue weighted by molar-refractivity contribution is 5.76. The second-order valence-electron chi connectivity index (χ2n) is 6.38. The second kappa shape index (κ2) is 9.70. The Balaban J connectivity index is 1.81.